The Hall–Kier alpha value is -1.75. The SMILES string of the molecule is COC(=O)C(N=[N+]=[N-])C1(c2ccc(Cl)cc2)CCNCC1C(C)(C)C. The van der Waals surface area contributed by atoms with Gasteiger partial charge in [-0.3, -0.25) is 4.79 Å². The van der Waals surface area contributed by atoms with Gasteiger partial charge < -0.3 is 10.1 Å². The molecule has 0 radical (unpaired) electrons. The van der Waals surface area contributed by atoms with Crippen molar-refractivity contribution in [1.82, 2.24) is 5.32 Å². The van der Waals surface area contributed by atoms with Crippen molar-refractivity contribution in [2.45, 2.75) is 38.6 Å². The van der Waals surface area contributed by atoms with Gasteiger partial charge in [0.15, 0.2) is 0 Å². The molecule has 1 saturated heterocycles. The molecular weight excluding hydrogens is 340 g/mol. The molecule has 25 heavy (non-hydrogen) atoms. The van der Waals surface area contributed by atoms with Gasteiger partial charge in [-0.1, -0.05) is 49.6 Å². The maximum atomic E-state index is 12.6. The monoisotopic (exact) mass is 364 g/mol. The van der Waals surface area contributed by atoms with Crippen molar-refractivity contribution in [1.29, 1.82) is 0 Å². The van der Waals surface area contributed by atoms with Crippen LogP contribution in [0.3, 0.4) is 0 Å². The molecule has 1 aromatic carbocycles. The number of methoxy groups -OCH3 is 1. The van der Waals surface area contributed by atoms with Gasteiger partial charge >= 0.3 is 5.97 Å². The standard InChI is InChI=1S/C18H25ClN4O2/c1-17(2,3)14-11-21-10-9-18(14,12-5-7-13(19)8-6-12)15(22-23-20)16(24)25-4/h5-8,14-15,21H,9-11H2,1-4H3. The summed E-state index contributed by atoms with van der Waals surface area (Å²) < 4.78 is 5.00. The van der Waals surface area contributed by atoms with Crippen molar-refractivity contribution in [3.63, 3.8) is 0 Å². The summed E-state index contributed by atoms with van der Waals surface area (Å²) in [6.07, 6.45) is 0.662. The van der Waals surface area contributed by atoms with Crippen LogP contribution in [0.15, 0.2) is 29.4 Å². The largest absolute Gasteiger partial charge is 0.469 e. The van der Waals surface area contributed by atoms with E-state index in [0.717, 1.165) is 18.7 Å². The topological polar surface area (TPSA) is 87.1 Å². The molecule has 0 amide bonds. The number of carbonyl (C=O) groups excluding carboxylic acids is 1. The van der Waals surface area contributed by atoms with E-state index in [-0.39, 0.29) is 11.3 Å². The van der Waals surface area contributed by atoms with E-state index in [1.54, 1.807) is 0 Å². The van der Waals surface area contributed by atoms with Crippen LogP contribution in [0.25, 0.3) is 10.4 Å². The van der Waals surface area contributed by atoms with Crippen LogP contribution in [0, 0.1) is 11.3 Å². The second kappa shape index (κ2) is 7.65. The summed E-state index contributed by atoms with van der Waals surface area (Å²) in [5, 5.41) is 7.94. The van der Waals surface area contributed by atoms with Gasteiger partial charge in [0, 0.05) is 15.3 Å². The van der Waals surface area contributed by atoms with Gasteiger partial charge in [-0.25, -0.2) is 0 Å². The molecule has 7 heteroatoms. The minimum absolute atomic E-state index is 0.0597. The molecule has 0 aliphatic carbocycles. The molecule has 6 nitrogen and oxygen atoms in total. The lowest BCUT2D eigenvalue weighted by atomic mass is 9.55. The average molecular weight is 365 g/mol. The van der Waals surface area contributed by atoms with E-state index in [1.165, 1.54) is 7.11 Å². The Balaban J connectivity index is 2.74. The summed E-state index contributed by atoms with van der Waals surface area (Å²) in [6.45, 7) is 7.86. The maximum Gasteiger partial charge on any atom is 0.315 e. The first-order valence-corrected chi connectivity index (χ1v) is 8.74. The fourth-order valence-corrected chi connectivity index (χ4v) is 4.22. The molecule has 3 atom stereocenters. The highest BCUT2D eigenvalue weighted by molar-refractivity contribution is 6.30. The molecular formula is C18H25ClN4O2. The van der Waals surface area contributed by atoms with Crippen LogP contribution >= 0.6 is 11.6 Å². The van der Waals surface area contributed by atoms with Crippen LogP contribution in [-0.2, 0) is 14.9 Å². The number of carbonyl (C=O) groups is 1. The molecule has 1 heterocycles. The van der Waals surface area contributed by atoms with Crippen LogP contribution in [0.1, 0.15) is 32.8 Å². The normalized spacial score (nSPS) is 24.9. The van der Waals surface area contributed by atoms with E-state index in [1.807, 2.05) is 24.3 Å². The van der Waals surface area contributed by atoms with Gasteiger partial charge in [0.05, 0.1) is 7.11 Å². The molecule has 0 bridgehead atoms. The minimum Gasteiger partial charge on any atom is -0.469 e. The number of azide groups is 1. The Morgan fingerprint density at radius 3 is 2.60 bits per heavy atom. The smallest absolute Gasteiger partial charge is 0.315 e. The Labute approximate surface area is 153 Å². The summed E-state index contributed by atoms with van der Waals surface area (Å²) in [5.41, 5.74) is 9.29. The Morgan fingerprint density at radius 1 is 1.44 bits per heavy atom. The quantitative estimate of drug-likeness (QED) is 0.378. The van der Waals surface area contributed by atoms with E-state index >= 15 is 0 Å². The lowest BCUT2D eigenvalue weighted by molar-refractivity contribution is -0.146. The van der Waals surface area contributed by atoms with Crippen molar-refractivity contribution >= 4 is 17.6 Å². The third-order valence-corrected chi connectivity index (χ3v) is 5.44. The summed E-state index contributed by atoms with van der Waals surface area (Å²) >= 11 is 6.07. The number of piperidine rings is 1. The van der Waals surface area contributed by atoms with Gasteiger partial charge in [-0.2, -0.15) is 0 Å². The third-order valence-electron chi connectivity index (χ3n) is 5.19. The Kier molecular flexibility index (Phi) is 5.99. The predicted molar refractivity (Wildman–Crippen MR) is 98.5 cm³/mol. The summed E-state index contributed by atoms with van der Waals surface area (Å²) in [6, 6.07) is 6.54. The summed E-state index contributed by atoms with van der Waals surface area (Å²) in [5.74, 6) is -0.451. The Morgan fingerprint density at radius 2 is 2.08 bits per heavy atom. The molecule has 1 fully saturated rings. The highest BCUT2D eigenvalue weighted by Crippen LogP contribution is 2.50. The number of nitrogens with zero attached hydrogens (tertiary/aromatic N) is 3. The van der Waals surface area contributed by atoms with Crippen LogP contribution in [0.2, 0.25) is 5.02 Å². The number of nitrogens with one attached hydrogen (secondary N) is 1. The Bertz CT molecular complexity index is 665. The van der Waals surface area contributed by atoms with E-state index in [4.69, 9.17) is 21.9 Å². The molecule has 0 spiro atoms. The number of ether oxygens (including phenoxy) is 1. The highest BCUT2D eigenvalue weighted by atomic mass is 35.5. The van der Waals surface area contributed by atoms with E-state index in [9.17, 15) is 4.79 Å². The fraction of sp³-hybridized carbons (Fsp3) is 0.611. The molecule has 2 rings (SSSR count). The van der Waals surface area contributed by atoms with Crippen molar-refractivity contribution in [3.8, 4) is 0 Å². The highest BCUT2D eigenvalue weighted by Gasteiger charge is 2.54. The van der Waals surface area contributed by atoms with Gasteiger partial charge in [0.2, 0.25) is 0 Å². The molecule has 0 saturated carbocycles. The fourth-order valence-electron chi connectivity index (χ4n) is 4.09. The first kappa shape index (κ1) is 19.6. The predicted octanol–water partition coefficient (Wildman–Crippen LogP) is 4.09. The summed E-state index contributed by atoms with van der Waals surface area (Å²) in [4.78, 5) is 15.5. The molecule has 0 aromatic heterocycles. The van der Waals surface area contributed by atoms with Crippen molar-refractivity contribution in [2.75, 3.05) is 20.2 Å². The molecule has 1 aromatic rings. The van der Waals surface area contributed by atoms with Crippen molar-refractivity contribution in [3.05, 3.63) is 45.3 Å². The van der Waals surface area contributed by atoms with Crippen LogP contribution < -0.4 is 5.32 Å². The number of hydrogen-bond acceptors (Lipinski definition) is 4. The second-order valence-electron chi connectivity index (χ2n) is 7.55. The molecule has 1 N–H and O–H groups in total. The van der Waals surface area contributed by atoms with Gasteiger partial charge in [-0.05, 0) is 54.1 Å². The number of benzene rings is 1. The zero-order valence-corrected chi connectivity index (χ0v) is 15.9. The molecule has 1 aliphatic rings. The number of esters is 1. The number of halogens is 1. The van der Waals surface area contributed by atoms with Crippen molar-refractivity contribution < 1.29 is 9.53 Å². The first-order valence-electron chi connectivity index (χ1n) is 8.36. The maximum absolute atomic E-state index is 12.6. The van der Waals surface area contributed by atoms with E-state index < -0.39 is 17.4 Å². The average Bonchev–Trinajstić information content (AvgIpc) is 2.58. The molecule has 3 unspecified atom stereocenters. The van der Waals surface area contributed by atoms with E-state index in [0.29, 0.717) is 11.4 Å². The van der Waals surface area contributed by atoms with Gasteiger partial charge in [0.1, 0.15) is 6.04 Å². The minimum atomic E-state index is -0.935. The third kappa shape index (κ3) is 3.76. The van der Waals surface area contributed by atoms with Crippen LogP contribution in [0.4, 0.5) is 0 Å². The lowest BCUT2D eigenvalue weighted by Crippen LogP contribution is -2.60. The van der Waals surface area contributed by atoms with Crippen LogP contribution in [-0.4, -0.2) is 32.2 Å². The van der Waals surface area contributed by atoms with Crippen LogP contribution in [0.5, 0.6) is 0 Å². The first-order chi connectivity index (χ1) is 11.8. The van der Waals surface area contributed by atoms with E-state index in [2.05, 4.69) is 36.1 Å². The molecule has 1 aliphatic heterocycles. The van der Waals surface area contributed by atoms with Gasteiger partial charge in [-0.15, -0.1) is 0 Å². The zero-order chi connectivity index (χ0) is 18.7. The summed E-state index contributed by atoms with van der Waals surface area (Å²) in [7, 11) is 1.32. The van der Waals surface area contributed by atoms with Crippen molar-refractivity contribution in [2.24, 2.45) is 16.4 Å². The molecule has 136 valence electrons. The zero-order valence-electron chi connectivity index (χ0n) is 15.1. The number of hydrogen-bond donors (Lipinski definition) is 1. The number of rotatable bonds is 4. The lowest BCUT2D eigenvalue weighted by Gasteiger charge is -2.52. The van der Waals surface area contributed by atoms with Gasteiger partial charge in [0.25, 0.3) is 0 Å². The second-order valence-corrected chi connectivity index (χ2v) is 7.99.